The van der Waals surface area contributed by atoms with Crippen LogP contribution in [0.4, 0.5) is 0 Å². The monoisotopic (exact) mass is 205 g/mol. The van der Waals surface area contributed by atoms with Crippen molar-refractivity contribution in [2.45, 2.75) is 0 Å². The van der Waals surface area contributed by atoms with Crippen molar-refractivity contribution < 1.29 is 9.53 Å². The Bertz CT molecular complexity index is 352. The Labute approximate surface area is 90.0 Å². The summed E-state index contributed by atoms with van der Waals surface area (Å²) in [6, 6.07) is 7.52. The number of carbonyl (C=O) groups is 1. The van der Waals surface area contributed by atoms with E-state index in [0.717, 1.165) is 11.3 Å². The van der Waals surface area contributed by atoms with E-state index >= 15 is 0 Å². The molecule has 0 atom stereocenters. The largest absolute Gasteiger partial charge is 0.497 e. The van der Waals surface area contributed by atoms with Crippen molar-refractivity contribution in [2.75, 3.05) is 21.2 Å². The van der Waals surface area contributed by atoms with E-state index in [1.165, 1.54) is 4.90 Å². The molecular weight excluding hydrogens is 190 g/mol. The minimum absolute atomic E-state index is 0.0224. The average Bonchev–Trinajstić information content (AvgIpc) is 2.26. The molecule has 0 saturated heterocycles. The maximum Gasteiger partial charge on any atom is 0.246 e. The van der Waals surface area contributed by atoms with E-state index in [2.05, 4.69) is 0 Å². The van der Waals surface area contributed by atoms with Crippen molar-refractivity contribution in [3.8, 4) is 5.75 Å². The highest BCUT2D eigenvalue weighted by Crippen LogP contribution is 2.12. The van der Waals surface area contributed by atoms with E-state index in [9.17, 15) is 4.79 Å². The maximum absolute atomic E-state index is 11.3. The topological polar surface area (TPSA) is 29.5 Å². The van der Waals surface area contributed by atoms with Crippen LogP contribution in [0.1, 0.15) is 5.56 Å². The summed E-state index contributed by atoms with van der Waals surface area (Å²) >= 11 is 0. The number of methoxy groups -OCH3 is 1. The molecule has 0 saturated carbocycles. The second-order valence-corrected chi connectivity index (χ2v) is 3.34. The van der Waals surface area contributed by atoms with Crippen LogP contribution in [0, 0.1) is 0 Å². The van der Waals surface area contributed by atoms with E-state index in [0.29, 0.717) is 0 Å². The number of rotatable bonds is 3. The highest BCUT2D eigenvalue weighted by Gasteiger charge is 1.96. The molecule has 0 aliphatic rings. The Morgan fingerprint density at radius 1 is 1.27 bits per heavy atom. The molecule has 1 aromatic rings. The van der Waals surface area contributed by atoms with E-state index in [4.69, 9.17) is 4.74 Å². The van der Waals surface area contributed by atoms with Gasteiger partial charge in [0.25, 0.3) is 0 Å². The molecule has 1 amide bonds. The smallest absolute Gasteiger partial charge is 0.246 e. The average molecular weight is 205 g/mol. The van der Waals surface area contributed by atoms with Gasteiger partial charge in [0.2, 0.25) is 5.91 Å². The Hall–Kier alpha value is -1.77. The van der Waals surface area contributed by atoms with Crippen molar-refractivity contribution in [2.24, 2.45) is 0 Å². The molecule has 1 rings (SSSR count). The molecule has 0 aliphatic carbocycles. The van der Waals surface area contributed by atoms with E-state index in [-0.39, 0.29) is 5.91 Å². The Morgan fingerprint density at radius 2 is 1.87 bits per heavy atom. The van der Waals surface area contributed by atoms with Crippen LogP contribution in [0.2, 0.25) is 0 Å². The molecule has 0 bridgehead atoms. The summed E-state index contributed by atoms with van der Waals surface area (Å²) < 4.78 is 5.03. The molecule has 3 nitrogen and oxygen atoms in total. The molecule has 0 N–H and O–H groups in total. The second-order valence-electron chi connectivity index (χ2n) is 3.34. The summed E-state index contributed by atoms with van der Waals surface area (Å²) in [5.41, 5.74) is 0.978. The number of benzene rings is 1. The standard InChI is InChI=1S/C12H15NO2/c1-13(2)12(14)9-6-10-4-7-11(15-3)8-5-10/h4-9H,1-3H3/b9-6-. The number of carbonyl (C=O) groups excluding carboxylic acids is 1. The second kappa shape index (κ2) is 5.20. The number of hydrogen-bond acceptors (Lipinski definition) is 2. The van der Waals surface area contributed by atoms with Crippen molar-refractivity contribution in [1.82, 2.24) is 4.90 Å². The summed E-state index contributed by atoms with van der Waals surface area (Å²) in [7, 11) is 5.07. The van der Waals surface area contributed by atoms with Crippen LogP contribution >= 0.6 is 0 Å². The molecule has 0 heterocycles. The maximum atomic E-state index is 11.3. The Kier molecular flexibility index (Phi) is 3.92. The molecule has 80 valence electrons. The minimum atomic E-state index is -0.0224. The van der Waals surface area contributed by atoms with E-state index in [1.54, 1.807) is 33.4 Å². The van der Waals surface area contributed by atoms with Crippen LogP contribution in [0.3, 0.4) is 0 Å². The van der Waals surface area contributed by atoms with Gasteiger partial charge in [-0.1, -0.05) is 12.1 Å². The summed E-state index contributed by atoms with van der Waals surface area (Å²) in [6.07, 6.45) is 3.32. The zero-order chi connectivity index (χ0) is 11.3. The van der Waals surface area contributed by atoms with Crippen LogP contribution in [0.5, 0.6) is 5.75 Å². The third kappa shape index (κ3) is 3.46. The molecule has 0 spiro atoms. The fourth-order valence-corrected chi connectivity index (χ4v) is 1.03. The highest BCUT2D eigenvalue weighted by atomic mass is 16.5. The van der Waals surface area contributed by atoms with Gasteiger partial charge in [-0.25, -0.2) is 0 Å². The van der Waals surface area contributed by atoms with Crippen molar-refractivity contribution in [3.63, 3.8) is 0 Å². The summed E-state index contributed by atoms with van der Waals surface area (Å²) in [4.78, 5) is 12.8. The van der Waals surface area contributed by atoms with Gasteiger partial charge in [-0.3, -0.25) is 4.79 Å². The van der Waals surface area contributed by atoms with Gasteiger partial charge in [0.1, 0.15) is 5.75 Å². The lowest BCUT2D eigenvalue weighted by atomic mass is 10.2. The number of ether oxygens (including phenoxy) is 1. The lowest BCUT2D eigenvalue weighted by Crippen LogP contribution is -2.18. The normalized spacial score (nSPS) is 10.3. The van der Waals surface area contributed by atoms with Crippen LogP contribution in [-0.4, -0.2) is 32.0 Å². The molecule has 1 aromatic carbocycles. The summed E-state index contributed by atoms with van der Waals surface area (Å²) in [5, 5.41) is 0. The number of hydrogen-bond donors (Lipinski definition) is 0. The molecular formula is C12H15NO2. The highest BCUT2D eigenvalue weighted by molar-refractivity contribution is 5.91. The lowest BCUT2D eigenvalue weighted by molar-refractivity contribution is -0.123. The fourth-order valence-electron chi connectivity index (χ4n) is 1.03. The molecule has 0 radical (unpaired) electrons. The first-order valence-electron chi connectivity index (χ1n) is 4.67. The molecule has 0 fully saturated rings. The molecule has 15 heavy (non-hydrogen) atoms. The quantitative estimate of drug-likeness (QED) is 0.704. The predicted octanol–water partition coefficient (Wildman–Crippen LogP) is 1.80. The van der Waals surface area contributed by atoms with Gasteiger partial charge in [0.05, 0.1) is 7.11 Å². The Morgan fingerprint density at radius 3 is 2.33 bits per heavy atom. The summed E-state index contributed by atoms with van der Waals surface area (Å²) in [5.74, 6) is 0.789. The summed E-state index contributed by atoms with van der Waals surface area (Å²) in [6.45, 7) is 0. The van der Waals surface area contributed by atoms with Gasteiger partial charge < -0.3 is 9.64 Å². The van der Waals surface area contributed by atoms with Crippen molar-refractivity contribution in [3.05, 3.63) is 35.9 Å². The molecule has 0 unspecified atom stereocenters. The van der Waals surface area contributed by atoms with E-state index in [1.807, 2.05) is 24.3 Å². The minimum Gasteiger partial charge on any atom is -0.497 e. The van der Waals surface area contributed by atoms with Crippen LogP contribution in [0.15, 0.2) is 30.3 Å². The predicted molar refractivity (Wildman–Crippen MR) is 60.7 cm³/mol. The first kappa shape index (κ1) is 11.3. The molecule has 0 aliphatic heterocycles. The van der Waals surface area contributed by atoms with Gasteiger partial charge in [-0.2, -0.15) is 0 Å². The van der Waals surface area contributed by atoms with Gasteiger partial charge >= 0.3 is 0 Å². The SMILES string of the molecule is COc1ccc(/C=C\C(=O)N(C)C)cc1. The first-order chi connectivity index (χ1) is 7.13. The zero-order valence-corrected chi connectivity index (χ0v) is 9.23. The molecule has 3 heteroatoms. The van der Waals surface area contributed by atoms with Gasteiger partial charge in [-0.05, 0) is 23.8 Å². The van der Waals surface area contributed by atoms with Gasteiger partial charge in [-0.15, -0.1) is 0 Å². The van der Waals surface area contributed by atoms with Crippen LogP contribution in [0.25, 0.3) is 6.08 Å². The van der Waals surface area contributed by atoms with Crippen molar-refractivity contribution in [1.29, 1.82) is 0 Å². The Balaban J connectivity index is 2.69. The fraction of sp³-hybridized carbons (Fsp3) is 0.250. The number of nitrogens with zero attached hydrogens (tertiary/aromatic N) is 1. The lowest BCUT2D eigenvalue weighted by Gasteiger charge is -2.05. The van der Waals surface area contributed by atoms with E-state index < -0.39 is 0 Å². The molecule has 0 aromatic heterocycles. The zero-order valence-electron chi connectivity index (χ0n) is 9.23. The number of likely N-dealkylation sites (N-methyl/N-ethyl adjacent to an activating group) is 1. The van der Waals surface area contributed by atoms with Gasteiger partial charge in [0, 0.05) is 20.2 Å². The third-order valence-corrected chi connectivity index (χ3v) is 1.97. The van der Waals surface area contributed by atoms with Gasteiger partial charge in [0.15, 0.2) is 0 Å². The number of amides is 1. The van der Waals surface area contributed by atoms with Crippen LogP contribution in [-0.2, 0) is 4.79 Å². The third-order valence-electron chi connectivity index (χ3n) is 1.97. The van der Waals surface area contributed by atoms with Crippen molar-refractivity contribution >= 4 is 12.0 Å². The van der Waals surface area contributed by atoms with Crippen LogP contribution < -0.4 is 4.74 Å². The first-order valence-corrected chi connectivity index (χ1v) is 4.67.